The quantitative estimate of drug-likeness (QED) is 0.748. The zero-order chi connectivity index (χ0) is 11.3. The Morgan fingerprint density at radius 3 is 2.93 bits per heavy atom. The van der Waals surface area contributed by atoms with Gasteiger partial charge in [0.25, 0.3) is 0 Å². The van der Waals surface area contributed by atoms with E-state index in [0.29, 0.717) is 18.0 Å². The van der Waals surface area contributed by atoms with Crippen molar-refractivity contribution in [2.75, 3.05) is 12.3 Å². The lowest BCUT2D eigenvalue weighted by Gasteiger charge is -2.03. The number of nitrogens with two attached hydrogens (primary N) is 1. The lowest BCUT2D eigenvalue weighted by atomic mass is 10.3. The van der Waals surface area contributed by atoms with Crippen LogP contribution in [0.2, 0.25) is 0 Å². The average Bonchev–Trinajstić information content (AvgIpc) is 2.57. The van der Waals surface area contributed by atoms with Crippen molar-refractivity contribution in [3.63, 3.8) is 0 Å². The largest absolute Gasteiger partial charge is 0.462 e. The van der Waals surface area contributed by atoms with Crippen LogP contribution < -0.4 is 5.73 Å². The number of hydrogen-bond acceptors (Lipinski definition) is 4. The minimum atomic E-state index is -0.405. The molecule has 0 aromatic carbocycles. The van der Waals surface area contributed by atoms with Gasteiger partial charge in [-0.15, -0.1) is 0 Å². The first-order chi connectivity index (χ1) is 7.20. The van der Waals surface area contributed by atoms with Crippen molar-refractivity contribution in [3.05, 3.63) is 11.8 Å². The van der Waals surface area contributed by atoms with Gasteiger partial charge in [0.1, 0.15) is 11.4 Å². The number of ether oxygens (including phenoxy) is 1. The number of nitrogen functional groups attached to an aromatic ring is 1. The molecule has 84 valence electrons. The highest BCUT2D eigenvalue weighted by Gasteiger charge is 2.15. The van der Waals surface area contributed by atoms with Crippen molar-refractivity contribution in [3.8, 4) is 0 Å². The van der Waals surface area contributed by atoms with E-state index in [1.54, 1.807) is 11.6 Å². The molecule has 2 N–H and O–H groups in total. The van der Waals surface area contributed by atoms with Gasteiger partial charge >= 0.3 is 5.97 Å². The van der Waals surface area contributed by atoms with Crippen LogP contribution in [0, 0.1) is 0 Å². The summed E-state index contributed by atoms with van der Waals surface area (Å²) in [5.74, 6) is -0.0142. The predicted molar refractivity (Wildman–Crippen MR) is 57.5 cm³/mol. The highest BCUT2D eigenvalue weighted by Crippen LogP contribution is 2.13. The Balaban J connectivity index is 2.74. The molecule has 0 radical (unpaired) electrons. The van der Waals surface area contributed by atoms with Crippen LogP contribution in [0.3, 0.4) is 0 Å². The van der Waals surface area contributed by atoms with Crippen LogP contribution in [0.4, 0.5) is 5.82 Å². The van der Waals surface area contributed by atoms with E-state index >= 15 is 0 Å². The second kappa shape index (κ2) is 5.38. The highest BCUT2D eigenvalue weighted by atomic mass is 16.5. The van der Waals surface area contributed by atoms with E-state index in [9.17, 15) is 4.79 Å². The number of esters is 1. The second-order valence-corrected chi connectivity index (χ2v) is 3.24. The maximum Gasteiger partial charge on any atom is 0.343 e. The van der Waals surface area contributed by atoms with Crippen LogP contribution in [0.1, 0.15) is 37.0 Å². The molecule has 0 saturated carbocycles. The molecule has 0 fully saturated rings. The maximum absolute atomic E-state index is 11.4. The van der Waals surface area contributed by atoms with Gasteiger partial charge in [-0.05, 0) is 13.3 Å². The molecule has 0 atom stereocenters. The minimum Gasteiger partial charge on any atom is -0.462 e. The van der Waals surface area contributed by atoms with Crippen LogP contribution >= 0.6 is 0 Å². The molecular weight excluding hydrogens is 194 g/mol. The Kier molecular flexibility index (Phi) is 4.15. The highest BCUT2D eigenvalue weighted by molar-refractivity contribution is 5.93. The molecule has 1 rings (SSSR count). The number of nitrogens with zero attached hydrogens (tertiary/aromatic N) is 2. The molecular formula is C10H17N3O2. The van der Waals surface area contributed by atoms with E-state index in [1.807, 2.05) is 0 Å². The molecule has 5 heteroatoms. The van der Waals surface area contributed by atoms with Gasteiger partial charge in [0.05, 0.1) is 12.8 Å². The van der Waals surface area contributed by atoms with E-state index in [-0.39, 0.29) is 0 Å². The molecule has 0 aliphatic rings. The van der Waals surface area contributed by atoms with Gasteiger partial charge in [-0.1, -0.05) is 13.3 Å². The summed E-state index contributed by atoms with van der Waals surface area (Å²) in [6.45, 7) is 4.93. The van der Waals surface area contributed by atoms with Crippen molar-refractivity contribution >= 4 is 11.8 Å². The van der Waals surface area contributed by atoms with Gasteiger partial charge in [-0.2, -0.15) is 5.10 Å². The number of rotatable bonds is 5. The summed E-state index contributed by atoms with van der Waals surface area (Å²) in [5, 5.41) is 4.05. The Hall–Kier alpha value is -1.52. The Morgan fingerprint density at radius 1 is 1.60 bits per heavy atom. The van der Waals surface area contributed by atoms with Crippen molar-refractivity contribution in [1.82, 2.24) is 9.78 Å². The second-order valence-electron chi connectivity index (χ2n) is 3.24. The van der Waals surface area contributed by atoms with Crippen LogP contribution in [-0.4, -0.2) is 22.4 Å². The molecule has 0 spiro atoms. The fourth-order valence-corrected chi connectivity index (χ4v) is 1.25. The van der Waals surface area contributed by atoms with E-state index in [2.05, 4.69) is 12.0 Å². The van der Waals surface area contributed by atoms with Crippen molar-refractivity contribution in [2.45, 2.75) is 33.2 Å². The third kappa shape index (κ3) is 2.71. The first-order valence-electron chi connectivity index (χ1n) is 5.19. The number of carbonyl (C=O) groups excluding carboxylic acids is 1. The van der Waals surface area contributed by atoms with E-state index < -0.39 is 5.97 Å². The summed E-state index contributed by atoms with van der Waals surface area (Å²) in [5.41, 5.74) is 6.13. The molecule has 1 heterocycles. The molecule has 1 aromatic heterocycles. The molecule has 0 unspecified atom stereocenters. The average molecular weight is 211 g/mol. The predicted octanol–water partition coefficient (Wildman–Crippen LogP) is 1.44. The van der Waals surface area contributed by atoms with E-state index in [0.717, 1.165) is 19.4 Å². The molecule has 15 heavy (non-hydrogen) atoms. The minimum absolute atomic E-state index is 0.346. The standard InChI is InChI=1S/C10H17N3O2/c1-3-5-6-13-9(11)8(7-12-13)10(14)15-4-2/h7H,3-6,11H2,1-2H3. The molecule has 1 aromatic rings. The normalized spacial score (nSPS) is 10.3. The molecule has 0 aliphatic carbocycles. The molecule has 5 nitrogen and oxygen atoms in total. The Labute approximate surface area is 89.2 Å². The van der Waals surface area contributed by atoms with Crippen LogP contribution in [0.15, 0.2) is 6.20 Å². The molecule has 0 saturated heterocycles. The van der Waals surface area contributed by atoms with Crippen molar-refractivity contribution < 1.29 is 9.53 Å². The van der Waals surface area contributed by atoms with Gasteiger partial charge in [0.2, 0.25) is 0 Å². The van der Waals surface area contributed by atoms with Gasteiger partial charge in [-0.3, -0.25) is 0 Å². The van der Waals surface area contributed by atoms with Gasteiger partial charge in [0.15, 0.2) is 0 Å². The van der Waals surface area contributed by atoms with Gasteiger partial charge in [0, 0.05) is 6.54 Å². The summed E-state index contributed by atoms with van der Waals surface area (Å²) in [7, 11) is 0. The smallest absolute Gasteiger partial charge is 0.343 e. The topological polar surface area (TPSA) is 70.1 Å². The SMILES string of the molecule is CCCCn1ncc(C(=O)OCC)c1N. The molecule has 0 bridgehead atoms. The summed E-state index contributed by atoms with van der Waals surface area (Å²) < 4.78 is 6.49. The maximum atomic E-state index is 11.4. The van der Waals surface area contributed by atoms with Crippen LogP contribution in [-0.2, 0) is 11.3 Å². The number of unbranched alkanes of at least 4 members (excludes halogenated alkanes) is 1. The van der Waals surface area contributed by atoms with Gasteiger partial charge in [-0.25, -0.2) is 9.48 Å². The first kappa shape index (κ1) is 11.6. The zero-order valence-corrected chi connectivity index (χ0v) is 9.19. The molecule has 0 amide bonds. The summed E-state index contributed by atoms with van der Waals surface area (Å²) in [6, 6.07) is 0. The van der Waals surface area contributed by atoms with E-state index in [4.69, 9.17) is 10.5 Å². The summed E-state index contributed by atoms with van der Waals surface area (Å²) in [4.78, 5) is 11.4. The third-order valence-corrected chi connectivity index (χ3v) is 2.10. The fraction of sp³-hybridized carbons (Fsp3) is 0.600. The fourth-order valence-electron chi connectivity index (χ4n) is 1.25. The van der Waals surface area contributed by atoms with Gasteiger partial charge < -0.3 is 10.5 Å². The third-order valence-electron chi connectivity index (χ3n) is 2.10. The lowest BCUT2D eigenvalue weighted by molar-refractivity contribution is 0.0527. The Bertz CT molecular complexity index is 333. The number of aromatic nitrogens is 2. The molecule has 0 aliphatic heterocycles. The van der Waals surface area contributed by atoms with E-state index in [1.165, 1.54) is 6.20 Å². The van der Waals surface area contributed by atoms with Crippen molar-refractivity contribution in [2.24, 2.45) is 0 Å². The summed E-state index contributed by atoms with van der Waals surface area (Å²) in [6.07, 6.45) is 3.52. The Morgan fingerprint density at radius 2 is 2.33 bits per heavy atom. The zero-order valence-electron chi connectivity index (χ0n) is 9.19. The number of aryl methyl sites for hydroxylation is 1. The lowest BCUT2D eigenvalue weighted by Crippen LogP contribution is -2.09. The monoisotopic (exact) mass is 211 g/mol. The first-order valence-corrected chi connectivity index (χ1v) is 5.19. The van der Waals surface area contributed by atoms with Crippen molar-refractivity contribution in [1.29, 1.82) is 0 Å². The number of hydrogen-bond donors (Lipinski definition) is 1. The van der Waals surface area contributed by atoms with Crippen LogP contribution in [0.25, 0.3) is 0 Å². The number of anilines is 1. The van der Waals surface area contributed by atoms with Crippen LogP contribution in [0.5, 0.6) is 0 Å². The summed E-state index contributed by atoms with van der Waals surface area (Å²) >= 11 is 0. The number of carbonyl (C=O) groups is 1.